The Labute approximate surface area is 120 Å². The molecule has 112 valence electrons. The molecule has 20 heavy (non-hydrogen) atoms. The maximum atomic E-state index is 12.6. The highest BCUT2D eigenvalue weighted by molar-refractivity contribution is 5.85. The number of carbonyl (C=O) groups excluding carboxylic acids is 2. The van der Waals surface area contributed by atoms with E-state index >= 15 is 0 Å². The van der Waals surface area contributed by atoms with Gasteiger partial charge in [0, 0.05) is 24.9 Å². The summed E-state index contributed by atoms with van der Waals surface area (Å²) in [5.74, 6) is 0.603. The predicted octanol–water partition coefficient (Wildman–Crippen LogP) is 2.30. The zero-order chi connectivity index (χ0) is 14.1. The standard InChI is InChI=1S/C16H25NO3/c1-11-8-9-15(20-11)16(19)17-10-4-6-13(17)12-5-2-3-7-14(12)18/h11-13,15H,2-10H2,1H3. The third kappa shape index (κ3) is 2.62. The fourth-order valence-corrected chi connectivity index (χ4v) is 4.07. The molecule has 4 heteroatoms. The smallest absolute Gasteiger partial charge is 0.251 e. The SMILES string of the molecule is CC1CCC(C(=O)N2CCCC2C2CCCCC2=O)O1. The Morgan fingerprint density at radius 1 is 1.15 bits per heavy atom. The van der Waals surface area contributed by atoms with Crippen LogP contribution in [-0.4, -0.2) is 41.4 Å². The van der Waals surface area contributed by atoms with E-state index in [2.05, 4.69) is 0 Å². The van der Waals surface area contributed by atoms with Gasteiger partial charge in [0.2, 0.25) is 0 Å². The number of ketones is 1. The summed E-state index contributed by atoms with van der Waals surface area (Å²) in [6, 6.07) is 0.148. The molecule has 4 unspecified atom stereocenters. The van der Waals surface area contributed by atoms with E-state index in [9.17, 15) is 9.59 Å². The summed E-state index contributed by atoms with van der Waals surface area (Å²) in [5, 5.41) is 0. The minimum Gasteiger partial charge on any atom is -0.365 e. The Kier molecular flexibility index (Phi) is 4.11. The second kappa shape index (κ2) is 5.84. The molecule has 4 nitrogen and oxygen atoms in total. The van der Waals surface area contributed by atoms with Crippen LogP contribution in [0.2, 0.25) is 0 Å². The number of nitrogens with zero attached hydrogens (tertiary/aromatic N) is 1. The van der Waals surface area contributed by atoms with E-state index in [1.165, 1.54) is 0 Å². The van der Waals surface area contributed by atoms with Gasteiger partial charge < -0.3 is 9.64 Å². The van der Waals surface area contributed by atoms with Crippen molar-refractivity contribution in [3.8, 4) is 0 Å². The zero-order valence-electron chi connectivity index (χ0n) is 12.3. The summed E-state index contributed by atoms with van der Waals surface area (Å²) >= 11 is 0. The van der Waals surface area contributed by atoms with Crippen molar-refractivity contribution in [3.63, 3.8) is 0 Å². The molecule has 3 fully saturated rings. The fourth-order valence-electron chi connectivity index (χ4n) is 4.07. The quantitative estimate of drug-likeness (QED) is 0.779. The molecule has 0 spiro atoms. The van der Waals surface area contributed by atoms with Gasteiger partial charge in [-0.3, -0.25) is 9.59 Å². The van der Waals surface area contributed by atoms with Gasteiger partial charge in [-0.1, -0.05) is 6.42 Å². The lowest BCUT2D eigenvalue weighted by molar-refractivity contribution is -0.145. The van der Waals surface area contributed by atoms with Crippen LogP contribution < -0.4 is 0 Å². The topological polar surface area (TPSA) is 46.6 Å². The Morgan fingerprint density at radius 3 is 2.70 bits per heavy atom. The van der Waals surface area contributed by atoms with E-state index < -0.39 is 0 Å². The monoisotopic (exact) mass is 279 g/mol. The summed E-state index contributed by atoms with van der Waals surface area (Å²) in [6.45, 7) is 2.83. The van der Waals surface area contributed by atoms with Gasteiger partial charge in [-0.15, -0.1) is 0 Å². The average Bonchev–Trinajstić information content (AvgIpc) is 3.07. The molecular weight excluding hydrogens is 254 g/mol. The molecule has 0 aromatic rings. The van der Waals surface area contributed by atoms with Gasteiger partial charge in [0.1, 0.15) is 11.9 Å². The molecule has 1 saturated carbocycles. The predicted molar refractivity (Wildman–Crippen MR) is 75.3 cm³/mol. The second-order valence-corrected chi connectivity index (χ2v) is 6.57. The van der Waals surface area contributed by atoms with Gasteiger partial charge in [0.05, 0.1) is 6.10 Å². The molecule has 2 aliphatic heterocycles. The number of carbonyl (C=O) groups is 2. The van der Waals surface area contributed by atoms with Crippen LogP contribution in [0, 0.1) is 5.92 Å². The molecule has 0 bridgehead atoms. The van der Waals surface area contributed by atoms with Crippen LogP contribution in [0.25, 0.3) is 0 Å². The summed E-state index contributed by atoms with van der Waals surface area (Å²) in [4.78, 5) is 26.8. The number of amides is 1. The van der Waals surface area contributed by atoms with E-state index in [1.54, 1.807) is 0 Å². The van der Waals surface area contributed by atoms with Crippen molar-refractivity contribution in [1.82, 2.24) is 4.90 Å². The fraction of sp³-hybridized carbons (Fsp3) is 0.875. The van der Waals surface area contributed by atoms with Crippen molar-refractivity contribution in [2.24, 2.45) is 5.92 Å². The number of Topliss-reactive ketones (excluding diaryl/α,β-unsaturated/α-hetero) is 1. The Bertz CT molecular complexity index is 395. The van der Waals surface area contributed by atoms with Gasteiger partial charge in [0.25, 0.3) is 5.91 Å². The number of hydrogen-bond donors (Lipinski definition) is 0. The zero-order valence-corrected chi connectivity index (χ0v) is 12.3. The van der Waals surface area contributed by atoms with E-state index in [1.807, 2.05) is 11.8 Å². The van der Waals surface area contributed by atoms with Crippen molar-refractivity contribution < 1.29 is 14.3 Å². The van der Waals surface area contributed by atoms with Gasteiger partial charge in [-0.2, -0.15) is 0 Å². The Morgan fingerprint density at radius 2 is 2.00 bits per heavy atom. The number of hydrogen-bond acceptors (Lipinski definition) is 3. The van der Waals surface area contributed by atoms with Crippen molar-refractivity contribution >= 4 is 11.7 Å². The third-order valence-corrected chi connectivity index (χ3v) is 5.16. The molecule has 3 aliphatic rings. The van der Waals surface area contributed by atoms with Crippen molar-refractivity contribution in [1.29, 1.82) is 0 Å². The van der Waals surface area contributed by atoms with Gasteiger partial charge >= 0.3 is 0 Å². The largest absolute Gasteiger partial charge is 0.365 e. The molecular formula is C16H25NO3. The van der Waals surface area contributed by atoms with Crippen molar-refractivity contribution in [2.45, 2.75) is 76.5 Å². The third-order valence-electron chi connectivity index (χ3n) is 5.16. The van der Waals surface area contributed by atoms with Gasteiger partial charge in [-0.25, -0.2) is 0 Å². The number of ether oxygens (including phenoxy) is 1. The van der Waals surface area contributed by atoms with Crippen LogP contribution >= 0.6 is 0 Å². The van der Waals surface area contributed by atoms with Crippen LogP contribution in [0.15, 0.2) is 0 Å². The van der Waals surface area contributed by atoms with Crippen LogP contribution in [0.3, 0.4) is 0 Å². The Hall–Kier alpha value is -0.900. The van der Waals surface area contributed by atoms with E-state index in [4.69, 9.17) is 4.74 Å². The molecule has 3 rings (SSSR count). The molecule has 0 aromatic heterocycles. The first-order chi connectivity index (χ1) is 9.66. The van der Waals surface area contributed by atoms with Crippen LogP contribution in [-0.2, 0) is 14.3 Å². The highest BCUT2D eigenvalue weighted by Crippen LogP contribution is 2.34. The lowest BCUT2D eigenvalue weighted by Gasteiger charge is -2.34. The van der Waals surface area contributed by atoms with Crippen molar-refractivity contribution in [3.05, 3.63) is 0 Å². The number of rotatable bonds is 2. The molecule has 0 N–H and O–H groups in total. The molecule has 1 amide bonds. The first-order valence-electron chi connectivity index (χ1n) is 8.15. The lowest BCUT2D eigenvalue weighted by atomic mass is 9.81. The van der Waals surface area contributed by atoms with Gasteiger partial charge in [-0.05, 0) is 45.4 Å². The molecule has 1 aliphatic carbocycles. The molecule has 0 radical (unpaired) electrons. The van der Waals surface area contributed by atoms with Crippen LogP contribution in [0.5, 0.6) is 0 Å². The lowest BCUT2D eigenvalue weighted by Crippen LogP contribution is -2.47. The summed E-state index contributed by atoms with van der Waals surface area (Å²) in [6.07, 6.45) is 7.59. The molecule has 0 aromatic carbocycles. The van der Waals surface area contributed by atoms with E-state index in [-0.39, 0.29) is 30.1 Å². The second-order valence-electron chi connectivity index (χ2n) is 6.57. The highest BCUT2D eigenvalue weighted by atomic mass is 16.5. The normalized spacial score (nSPS) is 38.5. The van der Waals surface area contributed by atoms with E-state index in [0.717, 1.165) is 51.5 Å². The molecule has 2 heterocycles. The maximum absolute atomic E-state index is 12.6. The van der Waals surface area contributed by atoms with Crippen LogP contribution in [0.1, 0.15) is 58.3 Å². The van der Waals surface area contributed by atoms with E-state index in [0.29, 0.717) is 12.2 Å². The highest BCUT2D eigenvalue weighted by Gasteiger charge is 2.42. The first-order valence-corrected chi connectivity index (χ1v) is 8.15. The number of likely N-dealkylation sites (tertiary alicyclic amines) is 1. The minimum atomic E-state index is -0.260. The van der Waals surface area contributed by atoms with Crippen molar-refractivity contribution in [2.75, 3.05) is 6.54 Å². The van der Waals surface area contributed by atoms with Gasteiger partial charge in [0.15, 0.2) is 0 Å². The first kappa shape index (κ1) is 14.1. The maximum Gasteiger partial charge on any atom is 0.251 e. The summed E-state index contributed by atoms with van der Waals surface area (Å²) in [5.41, 5.74) is 0. The Balaban J connectivity index is 1.68. The summed E-state index contributed by atoms with van der Waals surface area (Å²) < 4.78 is 5.72. The summed E-state index contributed by atoms with van der Waals surface area (Å²) in [7, 11) is 0. The molecule has 4 atom stereocenters. The van der Waals surface area contributed by atoms with Crippen LogP contribution in [0.4, 0.5) is 0 Å². The minimum absolute atomic E-state index is 0.0917. The molecule has 2 saturated heterocycles. The average molecular weight is 279 g/mol.